The number of rotatable bonds is 1. The number of nitrogen functional groups attached to an aromatic ring is 1. The van der Waals surface area contributed by atoms with Crippen molar-refractivity contribution in [1.29, 1.82) is 0 Å². The molecule has 0 radical (unpaired) electrons. The highest BCUT2D eigenvalue weighted by Gasteiger charge is 2.11. The van der Waals surface area contributed by atoms with Crippen LogP contribution in [0.3, 0.4) is 0 Å². The van der Waals surface area contributed by atoms with E-state index < -0.39 is 0 Å². The molecule has 0 unspecified atom stereocenters. The van der Waals surface area contributed by atoms with Gasteiger partial charge in [0.2, 0.25) is 0 Å². The number of halogens is 1. The van der Waals surface area contributed by atoms with E-state index in [4.69, 9.17) is 5.73 Å². The molecule has 0 amide bonds. The number of anilines is 1. The second-order valence-corrected chi connectivity index (χ2v) is 4.85. The Morgan fingerprint density at radius 1 is 1.41 bits per heavy atom. The van der Waals surface area contributed by atoms with Gasteiger partial charge in [-0.3, -0.25) is 5.10 Å². The van der Waals surface area contributed by atoms with E-state index in [0.29, 0.717) is 5.82 Å². The molecule has 0 aliphatic carbocycles. The number of para-hydroxylation sites is 1. The van der Waals surface area contributed by atoms with E-state index in [2.05, 4.69) is 42.8 Å². The lowest BCUT2D eigenvalue weighted by molar-refractivity contribution is 0.966. The van der Waals surface area contributed by atoms with Crippen molar-refractivity contribution >= 4 is 32.7 Å². The summed E-state index contributed by atoms with van der Waals surface area (Å²) >= 11 is 3.56. The lowest BCUT2D eigenvalue weighted by Crippen LogP contribution is -1.88. The van der Waals surface area contributed by atoms with Crippen molar-refractivity contribution in [3.63, 3.8) is 0 Å². The van der Waals surface area contributed by atoms with Gasteiger partial charge in [0.15, 0.2) is 0 Å². The van der Waals surface area contributed by atoms with Crippen molar-refractivity contribution in [3.8, 4) is 11.3 Å². The lowest BCUT2D eigenvalue weighted by Gasteiger charge is -2.03. The van der Waals surface area contributed by atoms with Gasteiger partial charge >= 0.3 is 0 Å². The third kappa shape index (κ3) is 1.54. The van der Waals surface area contributed by atoms with E-state index in [-0.39, 0.29) is 0 Å². The first-order chi connectivity index (χ1) is 8.16. The van der Waals surface area contributed by atoms with Crippen LogP contribution in [0.1, 0.15) is 0 Å². The standard InChI is InChI=1S/C12H11BrN4/c1-17-6-9(13)7-3-2-4-8(12(7)17)10-5-11(14)16-15-10/h2-6H,1H3,(H3,14,15,16). The van der Waals surface area contributed by atoms with Gasteiger partial charge in [-0.1, -0.05) is 18.2 Å². The number of hydrogen-bond donors (Lipinski definition) is 2. The molecule has 0 saturated carbocycles. The summed E-state index contributed by atoms with van der Waals surface area (Å²) < 4.78 is 3.18. The van der Waals surface area contributed by atoms with Crippen LogP contribution >= 0.6 is 15.9 Å². The molecule has 0 aliphatic heterocycles. The maximum atomic E-state index is 5.64. The molecule has 3 aromatic rings. The predicted molar refractivity (Wildman–Crippen MR) is 72.6 cm³/mol. The Morgan fingerprint density at radius 3 is 2.94 bits per heavy atom. The van der Waals surface area contributed by atoms with Crippen molar-refractivity contribution in [3.05, 3.63) is 34.9 Å². The summed E-state index contributed by atoms with van der Waals surface area (Å²) in [5.74, 6) is 0.505. The number of aryl methyl sites for hydroxylation is 1. The van der Waals surface area contributed by atoms with Crippen molar-refractivity contribution in [2.75, 3.05) is 5.73 Å². The average Bonchev–Trinajstić information content (AvgIpc) is 2.85. The maximum Gasteiger partial charge on any atom is 0.145 e. The Hall–Kier alpha value is -1.75. The zero-order chi connectivity index (χ0) is 12.0. The Morgan fingerprint density at radius 2 is 2.24 bits per heavy atom. The third-order valence-electron chi connectivity index (χ3n) is 2.84. The summed E-state index contributed by atoms with van der Waals surface area (Å²) in [7, 11) is 2.02. The topological polar surface area (TPSA) is 59.6 Å². The number of nitrogens with two attached hydrogens (primary N) is 1. The fourth-order valence-electron chi connectivity index (χ4n) is 2.11. The predicted octanol–water partition coefficient (Wildman–Crippen LogP) is 2.91. The van der Waals surface area contributed by atoms with Crippen LogP contribution in [0.15, 0.2) is 34.9 Å². The molecular formula is C12H11BrN4. The normalized spacial score (nSPS) is 11.2. The molecule has 17 heavy (non-hydrogen) atoms. The van der Waals surface area contributed by atoms with Gasteiger partial charge in [0.1, 0.15) is 5.82 Å². The minimum atomic E-state index is 0.505. The number of nitrogens with zero attached hydrogens (tertiary/aromatic N) is 2. The van der Waals surface area contributed by atoms with E-state index >= 15 is 0 Å². The summed E-state index contributed by atoms with van der Waals surface area (Å²) in [6, 6.07) is 8.01. The van der Waals surface area contributed by atoms with Crippen molar-refractivity contribution in [2.24, 2.45) is 7.05 Å². The molecule has 5 heteroatoms. The van der Waals surface area contributed by atoms with E-state index in [1.54, 1.807) is 0 Å². The molecule has 0 atom stereocenters. The SMILES string of the molecule is Cn1cc(Br)c2cccc(-c3cc(N)n[nH]3)c21. The molecule has 0 bridgehead atoms. The highest BCUT2D eigenvalue weighted by Crippen LogP contribution is 2.33. The van der Waals surface area contributed by atoms with Gasteiger partial charge in [-0.2, -0.15) is 5.10 Å². The van der Waals surface area contributed by atoms with Gasteiger partial charge in [-0.15, -0.1) is 0 Å². The summed E-state index contributed by atoms with van der Waals surface area (Å²) in [6.07, 6.45) is 2.05. The Balaban J connectivity index is 2.37. The van der Waals surface area contributed by atoms with Crippen molar-refractivity contribution < 1.29 is 0 Å². The number of benzene rings is 1. The molecular weight excluding hydrogens is 280 g/mol. The van der Waals surface area contributed by atoms with Gasteiger partial charge in [-0.05, 0) is 15.9 Å². The van der Waals surface area contributed by atoms with Gasteiger partial charge in [0.05, 0.1) is 11.2 Å². The highest BCUT2D eigenvalue weighted by atomic mass is 79.9. The molecule has 2 aromatic heterocycles. The van der Waals surface area contributed by atoms with Gasteiger partial charge in [-0.25, -0.2) is 0 Å². The van der Waals surface area contributed by atoms with E-state index in [1.807, 2.05) is 25.4 Å². The maximum absolute atomic E-state index is 5.64. The smallest absolute Gasteiger partial charge is 0.145 e. The first-order valence-corrected chi connectivity index (χ1v) is 6.01. The van der Waals surface area contributed by atoms with Crippen molar-refractivity contribution in [2.45, 2.75) is 0 Å². The number of nitrogens with one attached hydrogen (secondary N) is 1. The minimum Gasteiger partial charge on any atom is -0.382 e. The van der Waals surface area contributed by atoms with Gasteiger partial charge in [0, 0.05) is 34.7 Å². The molecule has 0 aliphatic rings. The van der Waals surface area contributed by atoms with Gasteiger partial charge < -0.3 is 10.3 Å². The van der Waals surface area contributed by atoms with Crippen LogP contribution < -0.4 is 5.73 Å². The van der Waals surface area contributed by atoms with E-state index in [1.165, 1.54) is 5.39 Å². The van der Waals surface area contributed by atoms with Crippen LogP contribution in [0.4, 0.5) is 5.82 Å². The first kappa shape index (κ1) is 10.4. The van der Waals surface area contributed by atoms with Crippen LogP contribution in [0.5, 0.6) is 0 Å². The van der Waals surface area contributed by atoms with Crippen LogP contribution in [-0.4, -0.2) is 14.8 Å². The minimum absolute atomic E-state index is 0.505. The third-order valence-corrected chi connectivity index (χ3v) is 3.47. The summed E-state index contributed by atoms with van der Waals surface area (Å²) in [6.45, 7) is 0. The highest BCUT2D eigenvalue weighted by molar-refractivity contribution is 9.10. The molecule has 3 N–H and O–H groups in total. The zero-order valence-corrected chi connectivity index (χ0v) is 10.8. The molecule has 1 aromatic carbocycles. The molecule has 2 heterocycles. The van der Waals surface area contributed by atoms with Crippen LogP contribution in [0.2, 0.25) is 0 Å². The quantitative estimate of drug-likeness (QED) is 0.724. The molecule has 4 nitrogen and oxygen atoms in total. The van der Waals surface area contributed by atoms with Crippen molar-refractivity contribution in [1.82, 2.24) is 14.8 Å². The van der Waals surface area contributed by atoms with Crippen LogP contribution in [-0.2, 0) is 7.05 Å². The number of hydrogen-bond acceptors (Lipinski definition) is 2. The summed E-state index contributed by atoms with van der Waals surface area (Å²) in [5, 5.41) is 8.09. The first-order valence-electron chi connectivity index (χ1n) is 5.21. The molecule has 0 saturated heterocycles. The van der Waals surface area contributed by atoms with Crippen LogP contribution in [0, 0.1) is 0 Å². The monoisotopic (exact) mass is 290 g/mol. The van der Waals surface area contributed by atoms with Gasteiger partial charge in [0.25, 0.3) is 0 Å². The fraction of sp³-hybridized carbons (Fsp3) is 0.0833. The fourth-order valence-corrected chi connectivity index (χ4v) is 2.74. The summed E-state index contributed by atoms with van der Waals surface area (Å²) in [4.78, 5) is 0. The lowest BCUT2D eigenvalue weighted by atomic mass is 10.1. The molecule has 3 rings (SSSR count). The Kier molecular flexibility index (Phi) is 2.22. The van der Waals surface area contributed by atoms with E-state index in [9.17, 15) is 0 Å². The Bertz CT molecular complexity index is 696. The molecule has 86 valence electrons. The second-order valence-electron chi connectivity index (χ2n) is 4.00. The number of aromatic nitrogens is 3. The molecule has 0 spiro atoms. The van der Waals surface area contributed by atoms with Crippen LogP contribution in [0.25, 0.3) is 22.2 Å². The number of fused-ring (bicyclic) bond motifs is 1. The second kappa shape index (κ2) is 3.63. The largest absolute Gasteiger partial charge is 0.382 e. The average molecular weight is 291 g/mol. The Labute approximate surface area is 107 Å². The zero-order valence-electron chi connectivity index (χ0n) is 9.24. The number of aromatic amines is 1. The van der Waals surface area contributed by atoms with E-state index in [0.717, 1.165) is 21.2 Å². The molecule has 0 fully saturated rings. The summed E-state index contributed by atoms with van der Waals surface area (Å²) in [5.41, 5.74) is 8.83. The number of H-pyrrole nitrogens is 1.